The number of rotatable bonds is 3. The maximum atomic E-state index is 12.2. The van der Waals surface area contributed by atoms with Crippen LogP contribution >= 0.6 is 0 Å². The maximum Gasteiger partial charge on any atom is 0.227 e. The number of nitrogens with zero attached hydrogens (tertiary/aromatic N) is 1. The van der Waals surface area contributed by atoms with Gasteiger partial charge in [0.1, 0.15) is 12.4 Å². The molecule has 1 aliphatic heterocycles. The van der Waals surface area contributed by atoms with Crippen LogP contribution < -0.4 is 5.43 Å². The molecule has 1 aromatic heterocycles. The highest BCUT2D eigenvalue weighted by molar-refractivity contribution is 5.99. The highest BCUT2D eigenvalue weighted by atomic mass is 16.4. The molecule has 0 aromatic carbocycles. The Kier molecular flexibility index (Phi) is 3.49. The first-order valence-corrected chi connectivity index (χ1v) is 5.76. The molecule has 0 saturated carbocycles. The van der Waals surface area contributed by atoms with Crippen LogP contribution in [0.5, 0.6) is 5.75 Å². The maximum absolute atomic E-state index is 12.2. The summed E-state index contributed by atoms with van der Waals surface area (Å²) in [5, 5.41) is 18.5. The van der Waals surface area contributed by atoms with E-state index in [1.165, 1.54) is 0 Å². The summed E-state index contributed by atoms with van der Waals surface area (Å²) in [6.45, 7) is 0.303. The molecule has 1 aromatic rings. The third kappa shape index (κ3) is 2.16. The van der Waals surface area contributed by atoms with E-state index in [0.717, 1.165) is 19.0 Å². The summed E-state index contributed by atoms with van der Waals surface area (Å²) in [6.07, 6.45) is 1.55. The van der Waals surface area contributed by atoms with Gasteiger partial charge in [0.15, 0.2) is 0 Å². The first-order valence-electron chi connectivity index (χ1n) is 5.76. The first kappa shape index (κ1) is 12.8. The molecule has 98 valence electrons. The predicted octanol–water partition coefficient (Wildman–Crippen LogP) is 0.115. The Morgan fingerprint density at radius 3 is 2.89 bits per heavy atom. The molecule has 1 atom stereocenters. The zero-order valence-corrected chi connectivity index (χ0v) is 10.0. The standard InChI is InChI=1S/C12H15NO5/c1-13-4-2-3-8(13)10(16)12-11(17)9(15)5-7(6-14)18-12/h5,8,14,17H,2-4,6H2,1H3/t8-/m0/s1. The number of ketones is 1. The monoisotopic (exact) mass is 253 g/mol. The number of hydrogen-bond acceptors (Lipinski definition) is 6. The molecule has 1 fully saturated rings. The lowest BCUT2D eigenvalue weighted by Crippen LogP contribution is -2.33. The Morgan fingerprint density at radius 2 is 2.33 bits per heavy atom. The average molecular weight is 253 g/mol. The fourth-order valence-electron chi connectivity index (χ4n) is 2.17. The van der Waals surface area contributed by atoms with Crippen LogP contribution in [0.15, 0.2) is 15.3 Å². The lowest BCUT2D eigenvalue weighted by Gasteiger charge is -2.17. The molecule has 2 rings (SSSR count). The van der Waals surface area contributed by atoms with Crippen molar-refractivity contribution in [1.29, 1.82) is 0 Å². The summed E-state index contributed by atoms with van der Waals surface area (Å²) in [5.41, 5.74) is -0.714. The third-order valence-corrected chi connectivity index (χ3v) is 3.18. The molecule has 1 saturated heterocycles. The van der Waals surface area contributed by atoms with E-state index in [4.69, 9.17) is 9.52 Å². The van der Waals surface area contributed by atoms with E-state index >= 15 is 0 Å². The fourth-order valence-corrected chi connectivity index (χ4v) is 2.17. The number of likely N-dealkylation sites (N-methyl/N-ethyl adjacent to an activating group) is 1. The molecule has 0 amide bonds. The van der Waals surface area contributed by atoms with Crippen molar-refractivity contribution in [1.82, 2.24) is 4.90 Å². The summed E-state index contributed by atoms with van der Waals surface area (Å²) in [7, 11) is 1.81. The van der Waals surface area contributed by atoms with Gasteiger partial charge in [-0.25, -0.2) is 0 Å². The Balaban J connectivity index is 2.41. The summed E-state index contributed by atoms with van der Waals surface area (Å²) in [6, 6.07) is 0.595. The third-order valence-electron chi connectivity index (χ3n) is 3.18. The van der Waals surface area contributed by atoms with Gasteiger partial charge in [-0.05, 0) is 26.4 Å². The number of Topliss-reactive ketones (excluding diaryl/α,β-unsaturated/α-hetero) is 1. The van der Waals surface area contributed by atoms with Gasteiger partial charge >= 0.3 is 0 Å². The smallest absolute Gasteiger partial charge is 0.227 e. The molecule has 0 aliphatic carbocycles. The highest BCUT2D eigenvalue weighted by Crippen LogP contribution is 2.23. The highest BCUT2D eigenvalue weighted by Gasteiger charge is 2.32. The van der Waals surface area contributed by atoms with Gasteiger partial charge in [0.05, 0.1) is 6.04 Å². The van der Waals surface area contributed by atoms with Gasteiger partial charge in [0.2, 0.25) is 22.7 Å². The van der Waals surface area contributed by atoms with E-state index in [1.54, 1.807) is 7.05 Å². The van der Waals surface area contributed by atoms with Gasteiger partial charge in [0, 0.05) is 6.07 Å². The van der Waals surface area contributed by atoms with Crippen LogP contribution in [-0.4, -0.2) is 40.5 Å². The molecule has 1 aliphatic rings. The zero-order valence-electron chi connectivity index (χ0n) is 10.0. The van der Waals surface area contributed by atoms with E-state index in [2.05, 4.69) is 0 Å². The Morgan fingerprint density at radius 1 is 1.61 bits per heavy atom. The van der Waals surface area contributed by atoms with Crippen LogP contribution in [0, 0.1) is 0 Å². The van der Waals surface area contributed by atoms with Gasteiger partial charge in [-0.2, -0.15) is 0 Å². The molecule has 0 bridgehead atoms. The van der Waals surface area contributed by atoms with Gasteiger partial charge in [-0.15, -0.1) is 0 Å². The summed E-state index contributed by atoms with van der Waals surface area (Å²) >= 11 is 0. The lowest BCUT2D eigenvalue weighted by atomic mass is 10.1. The van der Waals surface area contributed by atoms with Crippen LogP contribution in [0.3, 0.4) is 0 Å². The van der Waals surface area contributed by atoms with E-state index in [1.807, 2.05) is 4.90 Å². The number of likely N-dealkylation sites (tertiary alicyclic amines) is 1. The Bertz CT molecular complexity index is 522. The van der Waals surface area contributed by atoms with Crippen molar-refractivity contribution < 1.29 is 19.4 Å². The molecular weight excluding hydrogens is 238 g/mol. The molecule has 0 unspecified atom stereocenters. The lowest BCUT2D eigenvalue weighted by molar-refractivity contribution is 0.0847. The molecule has 2 heterocycles. The predicted molar refractivity (Wildman–Crippen MR) is 62.5 cm³/mol. The van der Waals surface area contributed by atoms with E-state index in [-0.39, 0.29) is 17.6 Å². The second-order valence-electron chi connectivity index (χ2n) is 4.42. The summed E-state index contributed by atoms with van der Waals surface area (Å²) in [4.78, 5) is 25.5. The number of carbonyl (C=O) groups excluding carboxylic acids is 1. The van der Waals surface area contributed by atoms with Gasteiger partial charge in [0.25, 0.3) is 0 Å². The fraction of sp³-hybridized carbons (Fsp3) is 0.500. The summed E-state index contributed by atoms with van der Waals surface area (Å²) in [5.74, 6) is -1.48. The first-order chi connectivity index (χ1) is 8.54. The molecule has 2 N–H and O–H groups in total. The second kappa shape index (κ2) is 4.91. The largest absolute Gasteiger partial charge is 0.501 e. The van der Waals surface area contributed by atoms with Crippen LogP contribution in [0.25, 0.3) is 0 Å². The number of carbonyl (C=O) groups is 1. The zero-order chi connectivity index (χ0) is 13.3. The van der Waals surface area contributed by atoms with Crippen LogP contribution in [0.2, 0.25) is 0 Å². The molecule has 18 heavy (non-hydrogen) atoms. The van der Waals surface area contributed by atoms with Crippen LogP contribution in [-0.2, 0) is 6.61 Å². The van der Waals surface area contributed by atoms with E-state index in [0.29, 0.717) is 6.42 Å². The van der Waals surface area contributed by atoms with Crippen molar-refractivity contribution in [2.45, 2.75) is 25.5 Å². The van der Waals surface area contributed by atoms with Crippen molar-refractivity contribution in [2.75, 3.05) is 13.6 Å². The molecule has 0 spiro atoms. The van der Waals surface area contributed by atoms with Crippen LogP contribution in [0.4, 0.5) is 0 Å². The topological polar surface area (TPSA) is 91.0 Å². The van der Waals surface area contributed by atoms with Crippen molar-refractivity contribution in [3.8, 4) is 5.75 Å². The Hall–Kier alpha value is -1.66. The van der Waals surface area contributed by atoms with Crippen molar-refractivity contribution in [3.63, 3.8) is 0 Å². The average Bonchev–Trinajstić information content (AvgIpc) is 2.78. The normalized spacial score (nSPS) is 20.2. The second-order valence-corrected chi connectivity index (χ2v) is 4.42. The number of aliphatic hydroxyl groups excluding tert-OH is 1. The van der Waals surface area contributed by atoms with E-state index in [9.17, 15) is 14.7 Å². The quantitative estimate of drug-likeness (QED) is 0.743. The van der Waals surface area contributed by atoms with E-state index < -0.39 is 23.6 Å². The minimum Gasteiger partial charge on any atom is -0.501 e. The number of hydrogen-bond donors (Lipinski definition) is 2. The number of aromatic hydroxyl groups is 1. The van der Waals surface area contributed by atoms with Crippen LogP contribution in [0.1, 0.15) is 29.2 Å². The number of aliphatic hydroxyl groups is 1. The molecule has 6 heteroatoms. The van der Waals surface area contributed by atoms with Crippen molar-refractivity contribution in [3.05, 3.63) is 27.8 Å². The molecular formula is C12H15NO5. The van der Waals surface area contributed by atoms with Gasteiger partial charge in [-0.1, -0.05) is 0 Å². The minimum absolute atomic E-state index is 0.0261. The van der Waals surface area contributed by atoms with Crippen molar-refractivity contribution in [2.24, 2.45) is 0 Å². The SMILES string of the molecule is CN1CCC[C@H]1C(=O)c1oc(CO)cc(=O)c1O. The van der Waals surface area contributed by atoms with Crippen molar-refractivity contribution >= 4 is 5.78 Å². The summed E-state index contributed by atoms with van der Waals surface area (Å²) < 4.78 is 5.08. The van der Waals surface area contributed by atoms with Gasteiger partial charge < -0.3 is 14.6 Å². The molecule has 0 radical (unpaired) electrons. The Labute approximate surface area is 103 Å². The minimum atomic E-state index is -0.714. The van der Waals surface area contributed by atoms with Gasteiger partial charge in [-0.3, -0.25) is 14.5 Å². The molecule has 6 nitrogen and oxygen atoms in total.